The van der Waals surface area contributed by atoms with Crippen LogP contribution in [0.15, 0.2) is 84.0 Å². The van der Waals surface area contributed by atoms with Crippen molar-refractivity contribution in [3.05, 3.63) is 110 Å². The normalized spacial score (nSPS) is 15.8. The summed E-state index contributed by atoms with van der Waals surface area (Å²) in [6, 6.07) is 22.2. The Morgan fingerprint density at radius 3 is 1.90 bits per heavy atom. The van der Waals surface area contributed by atoms with Gasteiger partial charge in [-0.15, -0.1) is 0 Å². The van der Waals surface area contributed by atoms with Gasteiger partial charge in [-0.25, -0.2) is 0 Å². The minimum absolute atomic E-state index is 0.00657. The Labute approximate surface area is 166 Å². The summed E-state index contributed by atoms with van der Waals surface area (Å²) >= 11 is 0. The van der Waals surface area contributed by atoms with Gasteiger partial charge in [-0.05, 0) is 23.3 Å². The quantitative estimate of drug-likeness (QED) is 0.459. The van der Waals surface area contributed by atoms with Crippen molar-refractivity contribution in [3.8, 4) is 0 Å². The van der Waals surface area contributed by atoms with Gasteiger partial charge in [0, 0.05) is 30.7 Å². The molecule has 0 saturated carbocycles. The molecule has 0 aliphatic carbocycles. The predicted octanol–water partition coefficient (Wildman–Crippen LogP) is 4.86. The second-order valence-corrected chi connectivity index (χ2v) is 6.60. The number of hydrogen-bond donors (Lipinski definition) is 0. The minimum atomic E-state index is -0.444. The first kappa shape index (κ1) is 18.3. The lowest BCUT2D eigenvalue weighted by Crippen LogP contribution is -2.18. The van der Waals surface area contributed by atoms with E-state index in [9.17, 15) is 20.2 Å². The molecule has 0 fully saturated rings. The summed E-state index contributed by atoms with van der Waals surface area (Å²) in [4.78, 5) is 21.0. The summed E-state index contributed by atoms with van der Waals surface area (Å²) in [6.45, 7) is 0. The van der Waals surface area contributed by atoms with Crippen LogP contribution in [0.4, 0.5) is 17.1 Å². The molecule has 0 radical (unpaired) electrons. The van der Waals surface area contributed by atoms with E-state index in [2.05, 4.69) is 0 Å². The van der Waals surface area contributed by atoms with Crippen LogP contribution in [0.5, 0.6) is 0 Å². The molecule has 0 N–H and O–H groups in total. The maximum absolute atomic E-state index is 11.0. The number of rotatable bonds is 5. The van der Waals surface area contributed by atoms with E-state index < -0.39 is 9.85 Å². The van der Waals surface area contributed by atoms with Gasteiger partial charge in [-0.1, -0.05) is 42.5 Å². The first-order valence-corrected chi connectivity index (χ1v) is 8.94. The molecule has 0 amide bonds. The zero-order valence-electron chi connectivity index (χ0n) is 15.2. The Kier molecular flexibility index (Phi) is 4.74. The summed E-state index contributed by atoms with van der Waals surface area (Å²) in [7, 11) is 0. The molecule has 4 rings (SSSR count). The second-order valence-electron chi connectivity index (χ2n) is 6.60. The van der Waals surface area contributed by atoms with Crippen LogP contribution >= 0.6 is 0 Å². The van der Waals surface area contributed by atoms with Gasteiger partial charge in [0.15, 0.2) is 0 Å². The molecule has 1 heterocycles. The van der Waals surface area contributed by atoms with Crippen molar-refractivity contribution in [3.63, 3.8) is 0 Å². The first-order chi connectivity index (χ1) is 14.0. The summed E-state index contributed by atoms with van der Waals surface area (Å²) < 4.78 is 0. The molecule has 0 spiro atoms. The van der Waals surface area contributed by atoms with E-state index in [0.717, 1.165) is 16.8 Å². The first-order valence-electron chi connectivity index (χ1n) is 8.94. The average molecular weight is 388 g/mol. The highest BCUT2D eigenvalue weighted by molar-refractivity contribution is 6.03. The van der Waals surface area contributed by atoms with Gasteiger partial charge in [-0.2, -0.15) is 5.10 Å². The third-order valence-electron chi connectivity index (χ3n) is 4.83. The van der Waals surface area contributed by atoms with Gasteiger partial charge in [0.1, 0.15) is 0 Å². The van der Waals surface area contributed by atoms with Crippen LogP contribution in [0, 0.1) is 20.2 Å². The number of anilines is 1. The van der Waals surface area contributed by atoms with E-state index in [-0.39, 0.29) is 17.4 Å². The van der Waals surface area contributed by atoms with Crippen LogP contribution < -0.4 is 5.01 Å². The molecule has 144 valence electrons. The number of nitro groups is 2. The summed E-state index contributed by atoms with van der Waals surface area (Å²) in [5.74, 6) is 0. The van der Waals surface area contributed by atoms with Crippen molar-refractivity contribution >= 4 is 22.8 Å². The Morgan fingerprint density at radius 2 is 1.34 bits per heavy atom. The standard InChI is InChI=1S/C21H16N4O4/c26-24(27)18-8-6-16(7-9-18)21-14-20(15-4-2-1-3-5-15)22-23(21)17-10-12-19(13-11-17)25(28)29/h1-13,21H,14H2/t21-/m0/s1. The van der Waals surface area contributed by atoms with E-state index in [4.69, 9.17) is 5.10 Å². The fraction of sp³-hybridized carbons (Fsp3) is 0.0952. The molecule has 0 unspecified atom stereocenters. The molecule has 0 aromatic heterocycles. The Bertz CT molecular complexity index is 1080. The van der Waals surface area contributed by atoms with E-state index in [1.807, 2.05) is 35.3 Å². The van der Waals surface area contributed by atoms with Gasteiger partial charge in [-0.3, -0.25) is 25.2 Å². The maximum Gasteiger partial charge on any atom is 0.269 e. The van der Waals surface area contributed by atoms with E-state index in [0.29, 0.717) is 12.1 Å². The van der Waals surface area contributed by atoms with Crippen LogP contribution in [0.25, 0.3) is 0 Å². The lowest BCUT2D eigenvalue weighted by atomic mass is 9.98. The van der Waals surface area contributed by atoms with Crippen LogP contribution in [0.3, 0.4) is 0 Å². The largest absolute Gasteiger partial charge is 0.269 e. The molecule has 3 aromatic carbocycles. The fourth-order valence-corrected chi connectivity index (χ4v) is 3.36. The maximum atomic E-state index is 11.0. The van der Waals surface area contributed by atoms with Crippen LogP contribution in [0.1, 0.15) is 23.6 Å². The van der Waals surface area contributed by atoms with E-state index >= 15 is 0 Å². The highest BCUT2D eigenvalue weighted by Crippen LogP contribution is 2.37. The molecule has 1 atom stereocenters. The highest BCUT2D eigenvalue weighted by atomic mass is 16.6. The van der Waals surface area contributed by atoms with Crippen molar-refractivity contribution in [2.75, 3.05) is 5.01 Å². The van der Waals surface area contributed by atoms with Gasteiger partial charge in [0.05, 0.1) is 27.3 Å². The van der Waals surface area contributed by atoms with Crippen molar-refractivity contribution < 1.29 is 9.85 Å². The molecule has 29 heavy (non-hydrogen) atoms. The molecule has 8 heteroatoms. The lowest BCUT2D eigenvalue weighted by molar-refractivity contribution is -0.385. The lowest BCUT2D eigenvalue weighted by Gasteiger charge is -2.23. The van der Waals surface area contributed by atoms with Crippen molar-refractivity contribution in [2.45, 2.75) is 12.5 Å². The summed E-state index contributed by atoms with van der Waals surface area (Å²) in [6.07, 6.45) is 0.610. The predicted molar refractivity (Wildman–Crippen MR) is 109 cm³/mol. The SMILES string of the molecule is O=[N+]([O-])c1ccc([C@@H]2CC(c3ccccc3)=NN2c2ccc([N+](=O)[O-])cc2)cc1. The van der Waals surface area contributed by atoms with Gasteiger partial charge in [0.25, 0.3) is 11.4 Å². The minimum Gasteiger partial charge on any atom is -0.258 e. The fourth-order valence-electron chi connectivity index (χ4n) is 3.36. The Balaban J connectivity index is 1.72. The number of non-ortho nitro benzene ring substituents is 2. The molecular weight excluding hydrogens is 372 g/mol. The van der Waals surface area contributed by atoms with Gasteiger partial charge < -0.3 is 0 Å². The second kappa shape index (κ2) is 7.51. The number of benzene rings is 3. The van der Waals surface area contributed by atoms with Gasteiger partial charge in [0.2, 0.25) is 0 Å². The molecule has 1 aliphatic heterocycles. The molecule has 0 saturated heterocycles. The van der Waals surface area contributed by atoms with Crippen molar-refractivity contribution in [1.82, 2.24) is 0 Å². The molecule has 1 aliphatic rings. The van der Waals surface area contributed by atoms with Crippen LogP contribution in [-0.2, 0) is 0 Å². The molecule has 0 bridgehead atoms. The van der Waals surface area contributed by atoms with E-state index in [1.165, 1.54) is 24.3 Å². The summed E-state index contributed by atoms with van der Waals surface area (Å²) in [5, 5.41) is 28.5. The number of hydrazone groups is 1. The molecular formula is C21H16N4O4. The summed E-state index contributed by atoms with van der Waals surface area (Å²) in [5.41, 5.74) is 3.49. The Morgan fingerprint density at radius 1 is 0.793 bits per heavy atom. The average Bonchev–Trinajstić information content (AvgIpc) is 3.20. The molecule has 8 nitrogen and oxygen atoms in total. The number of nitro benzene ring substituents is 2. The monoisotopic (exact) mass is 388 g/mol. The van der Waals surface area contributed by atoms with Crippen molar-refractivity contribution in [2.24, 2.45) is 5.10 Å². The zero-order valence-corrected chi connectivity index (χ0v) is 15.2. The van der Waals surface area contributed by atoms with Gasteiger partial charge >= 0.3 is 0 Å². The van der Waals surface area contributed by atoms with Crippen molar-refractivity contribution in [1.29, 1.82) is 0 Å². The third kappa shape index (κ3) is 3.68. The van der Waals surface area contributed by atoms with Crippen LogP contribution in [0.2, 0.25) is 0 Å². The smallest absolute Gasteiger partial charge is 0.258 e. The zero-order chi connectivity index (χ0) is 20.4. The topological polar surface area (TPSA) is 102 Å². The Hall–Kier alpha value is -4.07. The number of nitrogens with zero attached hydrogens (tertiary/aromatic N) is 4. The van der Waals surface area contributed by atoms with Crippen LogP contribution in [-0.4, -0.2) is 15.6 Å². The molecule has 3 aromatic rings. The number of hydrogen-bond acceptors (Lipinski definition) is 6. The third-order valence-corrected chi connectivity index (χ3v) is 4.83. The highest BCUT2D eigenvalue weighted by Gasteiger charge is 2.30. The van der Waals surface area contributed by atoms with E-state index in [1.54, 1.807) is 24.3 Å².